The van der Waals surface area contributed by atoms with Gasteiger partial charge in [-0.2, -0.15) is 18.3 Å². The number of benzene rings is 2. The van der Waals surface area contributed by atoms with Crippen LogP contribution in [0.4, 0.5) is 22.0 Å². The molecule has 6 nitrogen and oxygen atoms in total. The SMILES string of the molecule is NS(=O)(=O)c1ccc(-n2nc(C(F)(F)F)cc2-c2ccc(F)cc2F)cc1CO. The molecule has 0 spiro atoms. The maximum absolute atomic E-state index is 14.2. The van der Waals surface area contributed by atoms with Crippen LogP contribution in [0.5, 0.6) is 0 Å². The monoisotopic (exact) mass is 433 g/mol. The van der Waals surface area contributed by atoms with E-state index in [9.17, 15) is 35.5 Å². The highest BCUT2D eigenvalue weighted by atomic mass is 32.2. The van der Waals surface area contributed by atoms with Crippen molar-refractivity contribution in [2.45, 2.75) is 17.7 Å². The van der Waals surface area contributed by atoms with Gasteiger partial charge in [0.1, 0.15) is 11.6 Å². The van der Waals surface area contributed by atoms with Gasteiger partial charge in [-0.3, -0.25) is 0 Å². The number of halogens is 5. The number of hydrogen-bond acceptors (Lipinski definition) is 4. The molecule has 0 unspecified atom stereocenters. The summed E-state index contributed by atoms with van der Waals surface area (Å²) in [5.41, 5.74) is -2.37. The number of nitrogens with two attached hydrogens (primary N) is 1. The summed E-state index contributed by atoms with van der Waals surface area (Å²) in [6.45, 7) is -0.784. The molecule has 1 aromatic heterocycles. The Hall–Kier alpha value is -2.83. The van der Waals surface area contributed by atoms with E-state index in [1.807, 2.05) is 0 Å². The molecular formula is C17H12F5N3O3S. The molecule has 0 aliphatic heterocycles. The molecule has 0 saturated carbocycles. The third-order valence-corrected chi connectivity index (χ3v) is 4.98. The maximum Gasteiger partial charge on any atom is 0.435 e. The van der Waals surface area contributed by atoms with Crippen LogP contribution in [0.25, 0.3) is 16.9 Å². The topological polar surface area (TPSA) is 98.2 Å². The van der Waals surface area contributed by atoms with Gasteiger partial charge in [-0.15, -0.1) is 0 Å². The third kappa shape index (κ3) is 4.13. The van der Waals surface area contributed by atoms with E-state index < -0.39 is 45.0 Å². The standard InChI is InChI=1S/C17H12F5N3O3S/c18-10-1-3-12(13(19)6-10)14-7-16(17(20,21)22)24-25(14)11-2-4-15(29(23,27)28)9(5-11)8-26/h1-7,26H,8H2,(H2,23,27,28). The van der Waals surface area contributed by atoms with E-state index in [1.54, 1.807) is 0 Å². The second kappa shape index (κ2) is 7.21. The smallest absolute Gasteiger partial charge is 0.392 e. The normalized spacial score (nSPS) is 12.4. The molecule has 12 heteroatoms. The lowest BCUT2D eigenvalue weighted by Gasteiger charge is -2.12. The maximum atomic E-state index is 14.2. The van der Waals surface area contributed by atoms with Crippen molar-refractivity contribution in [3.63, 3.8) is 0 Å². The molecule has 0 radical (unpaired) electrons. The van der Waals surface area contributed by atoms with Crippen LogP contribution in [0, 0.1) is 11.6 Å². The molecule has 0 saturated heterocycles. The Morgan fingerprint density at radius 1 is 1.07 bits per heavy atom. The first-order chi connectivity index (χ1) is 13.4. The number of primary sulfonamides is 1. The first-order valence-corrected chi connectivity index (χ1v) is 9.36. The lowest BCUT2D eigenvalue weighted by molar-refractivity contribution is -0.141. The summed E-state index contributed by atoms with van der Waals surface area (Å²) in [7, 11) is -4.21. The van der Waals surface area contributed by atoms with Crippen molar-refractivity contribution in [2.75, 3.05) is 0 Å². The minimum absolute atomic E-state index is 0.101. The first-order valence-electron chi connectivity index (χ1n) is 7.81. The first kappa shape index (κ1) is 20.9. The van der Waals surface area contributed by atoms with Gasteiger partial charge in [0.2, 0.25) is 10.0 Å². The lowest BCUT2D eigenvalue weighted by Crippen LogP contribution is -2.15. The number of nitrogens with zero attached hydrogens (tertiary/aromatic N) is 2. The van der Waals surface area contributed by atoms with Gasteiger partial charge in [0, 0.05) is 11.6 Å². The Kier molecular flexibility index (Phi) is 5.19. The Morgan fingerprint density at radius 3 is 2.31 bits per heavy atom. The van der Waals surface area contributed by atoms with Gasteiger partial charge in [-0.1, -0.05) is 0 Å². The molecule has 2 aromatic carbocycles. The molecule has 0 amide bonds. The predicted octanol–water partition coefficient (Wildman–Crippen LogP) is 2.98. The van der Waals surface area contributed by atoms with Gasteiger partial charge in [0.15, 0.2) is 5.69 Å². The Bertz CT molecular complexity index is 1190. The zero-order valence-corrected chi connectivity index (χ0v) is 15.1. The minimum Gasteiger partial charge on any atom is -0.392 e. The molecule has 1 heterocycles. The highest BCUT2D eigenvalue weighted by Crippen LogP contribution is 2.34. The summed E-state index contributed by atoms with van der Waals surface area (Å²) in [6.07, 6.45) is -4.86. The molecule has 0 fully saturated rings. The fraction of sp³-hybridized carbons (Fsp3) is 0.118. The van der Waals surface area contributed by atoms with E-state index >= 15 is 0 Å². The summed E-state index contributed by atoms with van der Waals surface area (Å²) < 4.78 is 90.8. The molecule has 3 aromatic rings. The van der Waals surface area contributed by atoms with E-state index in [-0.39, 0.29) is 22.5 Å². The molecule has 0 aliphatic carbocycles. The average Bonchev–Trinajstić information content (AvgIpc) is 3.05. The van der Waals surface area contributed by atoms with Gasteiger partial charge in [-0.25, -0.2) is 27.0 Å². The van der Waals surface area contributed by atoms with Crippen LogP contribution < -0.4 is 5.14 Å². The van der Waals surface area contributed by atoms with Crippen molar-refractivity contribution < 1.29 is 35.5 Å². The quantitative estimate of drug-likeness (QED) is 0.618. The number of aliphatic hydroxyl groups is 1. The fourth-order valence-corrected chi connectivity index (χ4v) is 3.45. The molecule has 3 N–H and O–H groups in total. The van der Waals surface area contributed by atoms with Crippen LogP contribution in [0.15, 0.2) is 47.4 Å². The average molecular weight is 433 g/mol. The van der Waals surface area contributed by atoms with Gasteiger partial charge >= 0.3 is 6.18 Å². The van der Waals surface area contributed by atoms with Crippen LogP contribution in [-0.4, -0.2) is 23.3 Å². The Labute approximate surface area is 161 Å². The largest absolute Gasteiger partial charge is 0.435 e. The van der Waals surface area contributed by atoms with Crippen molar-refractivity contribution in [3.05, 3.63) is 65.4 Å². The number of aliphatic hydroxyl groups excluding tert-OH is 1. The van der Waals surface area contributed by atoms with E-state index in [0.29, 0.717) is 16.8 Å². The van der Waals surface area contributed by atoms with Crippen LogP contribution in [0.3, 0.4) is 0 Å². The van der Waals surface area contributed by atoms with Crippen molar-refractivity contribution in [2.24, 2.45) is 5.14 Å². The van der Waals surface area contributed by atoms with Crippen molar-refractivity contribution in [1.29, 1.82) is 0 Å². The third-order valence-electron chi connectivity index (χ3n) is 3.97. The van der Waals surface area contributed by atoms with Crippen LogP contribution in [0.1, 0.15) is 11.3 Å². The van der Waals surface area contributed by atoms with Crippen molar-refractivity contribution in [1.82, 2.24) is 9.78 Å². The fourth-order valence-electron chi connectivity index (χ4n) is 2.70. The summed E-state index contributed by atoms with van der Waals surface area (Å²) in [5.74, 6) is -2.04. The molecule has 154 valence electrons. The minimum atomic E-state index is -4.86. The predicted molar refractivity (Wildman–Crippen MR) is 91.2 cm³/mol. The number of rotatable bonds is 4. The Balaban J connectivity index is 2.28. The van der Waals surface area contributed by atoms with Crippen LogP contribution in [0.2, 0.25) is 0 Å². The molecule has 0 bridgehead atoms. The van der Waals surface area contributed by atoms with E-state index in [1.165, 1.54) is 0 Å². The second-order valence-electron chi connectivity index (χ2n) is 5.94. The van der Waals surface area contributed by atoms with Gasteiger partial charge in [0.05, 0.1) is 22.9 Å². The van der Waals surface area contributed by atoms with Gasteiger partial charge in [-0.05, 0) is 42.0 Å². The highest BCUT2D eigenvalue weighted by molar-refractivity contribution is 7.89. The zero-order chi connectivity index (χ0) is 21.6. The second-order valence-corrected chi connectivity index (χ2v) is 7.47. The zero-order valence-electron chi connectivity index (χ0n) is 14.3. The Morgan fingerprint density at radius 2 is 1.76 bits per heavy atom. The van der Waals surface area contributed by atoms with Crippen molar-refractivity contribution in [3.8, 4) is 16.9 Å². The van der Waals surface area contributed by atoms with E-state index in [2.05, 4.69) is 5.10 Å². The molecular weight excluding hydrogens is 421 g/mol. The molecule has 3 rings (SSSR count). The number of alkyl halides is 3. The number of sulfonamides is 1. The summed E-state index contributed by atoms with van der Waals surface area (Å²) >= 11 is 0. The highest BCUT2D eigenvalue weighted by Gasteiger charge is 2.35. The van der Waals surface area contributed by atoms with Gasteiger partial charge < -0.3 is 5.11 Å². The van der Waals surface area contributed by atoms with Crippen molar-refractivity contribution >= 4 is 10.0 Å². The summed E-state index contributed by atoms with van der Waals surface area (Å²) in [5, 5.41) is 17.9. The van der Waals surface area contributed by atoms with Crippen LogP contribution >= 0.6 is 0 Å². The summed E-state index contributed by atoms with van der Waals surface area (Å²) in [6, 6.07) is 6.02. The van der Waals surface area contributed by atoms with Gasteiger partial charge in [0.25, 0.3) is 0 Å². The van der Waals surface area contributed by atoms with Crippen LogP contribution in [-0.2, 0) is 22.8 Å². The molecule has 29 heavy (non-hydrogen) atoms. The molecule has 0 atom stereocenters. The molecule has 0 aliphatic rings. The summed E-state index contributed by atoms with van der Waals surface area (Å²) in [4.78, 5) is -0.429. The number of aromatic nitrogens is 2. The van der Waals surface area contributed by atoms with E-state index in [0.717, 1.165) is 30.3 Å². The lowest BCUT2D eigenvalue weighted by atomic mass is 10.1. The van der Waals surface area contributed by atoms with E-state index in [4.69, 9.17) is 5.14 Å². The number of hydrogen-bond donors (Lipinski definition) is 2.